The summed E-state index contributed by atoms with van der Waals surface area (Å²) >= 11 is 0. The predicted molar refractivity (Wildman–Crippen MR) is 52.2 cm³/mol. The molecule has 0 bridgehead atoms. The summed E-state index contributed by atoms with van der Waals surface area (Å²) in [6, 6.07) is 9.22. The van der Waals surface area contributed by atoms with Crippen molar-refractivity contribution in [2.45, 2.75) is 0 Å². The van der Waals surface area contributed by atoms with Gasteiger partial charge in [-0.1, -0.05) is 12.1 Å². The molecule has 0 fully saturated rings. The van der Waals surface area contributed by atoms with Crippen molar-refractivity contribution >= 4 is 0 Å². The average molecular weight is 200 g/mol. The van der Waals surface area contributed by atoms with Crippen LogP contribution in [0, 0.1) is 11.3 Å². The van der Waals surface area contributed by atoms with E-state index in [1.807, 2.05) is 6.07 Å². The molecule has 0 unspecified atom stereocenters. The van der Waals surface area contributed by atoms with Crippen LogP contribution >= 0.6 is 0 Å². The average Bonchev–Trinajstić information content (AvgIpc) is 2.65. The maximum atomic E-state index is 8.83. The van der Waals surface area contributed by atoms with Crippen molar-refractivity contribution in [1.82, 2.24) is 14.8 Å². The Morgan fingerprint density at radius 1 is 1.40 bits per heavy atom. The highest BCUT2D eigenvalue weighted by molar-refractivity contribution is 5.43. The molecule has 74 valence electrons. The lowest BCUT2D eigenvalue weighted by atomic mass is 10.2. The zero-order chi connectivity index (χ0) is 10.7. The number of hydrogen-bond donors (Lipinski definition) is 0. The van der Waals surface area contributed by atoms with Crippen LogP contribution in [0.3, 0.4) is 0 Å². The number of aromatic nitrogens is 3. The molecule has 0 aliphatic rings. The summed E-state index contributed by atoms with van der Waals surface area (Å²) in [5, 5.41) is 12.8. The summed E-state index contributed by atoms with van der Waals surface area (Å²) in [5.74, 6) is 0.464. The molecule has 0 N–H and O–H groups in total. The van der Waals surface area contributed by atoms with E-state index in [9.17, 15) is 0 Å². The zero-order valence-electron chi connectivity index (χ0n) is 8.08. The van der Waals surface area contributed by atoms with Crippen LogP contribution in [0.2, 0.25) is 0 Å². The maximum Gasteiger partial charge on any atom is 0.341 e. The lowest BCUT2D eigenvalue weighted by Crippen LogP contribution is -1.91. The van der Waals surface area contributed by atoms with E-state index in [2.05, 4.69) is 10.1 Å². The van der Waals surface area contributed by atoms with Crippen LogP contribution in [0.15, 0.2) is 30.6 Å². The SMILES string of the molecule is Cn1cnc(Oc2ccccc2C#N)n1. The molecule has 2 rings (SSSR count). The third kappa shape index (κ3) is 1.94. The molecule has 1 aromatic heterocycles. The van der Waals surface area contributed by atoms with E-state index >= 15 is 0 Å². The number of aryl methyl sites for hydroxylation is 1. The van der Waals surface area contributed by atoms with Crippen molar-refractivity contribution in [3.63, 3.8) is 0 Å². The van der Waals surface area contributed by atoms with Crippen molar-refractivity contribution in [1.29, 1.82) is 5.26 Å². The molecule has 0 aliphatic heterocycles. The van der Waals surface area contributed by atoms with Gasteiger partial charge in [-0.25, -0.2) is 0 Å². The van der Waals surface area contributed by atoms with Crippen LogP contribution in [0.5, 0.6) is 11.8 Å². The van der Waals surface area contributed by atoms with Crippen LogP contribution in [0.25, 0.3) is 0 Å². The van der Waals surface area contributed by atoms with E-state index in [4.69, 9.17) is 10.00 Å². The fourth-order valence-electron chi connectivity index (χ4n) is 1.11. The number of nitrogens with zero attached hydrogens (tertiary/aromatic N) is 4. The summed E-state index contributed by atoms with van der Waals surface area (Å²) in [6.45, 7) is 0. The lowest BCUT2D eigenvalue weighted by molar-refractivity contribution is 0.437. The molecule has 0 amide bonds. The van der Waals surface area contributed by atoms with Gasteiger partial charge in [0.1, 0.15) is 18.1 Å². The second-order valence-electron chi connectivity index (χ2n) is 2.91. The fourth-order valence-corrected chi connectivity index (χ4v) is 1.11. The Morgan fingerprint density at radius 2 is 2.20 bits per heavy atom. The first-order valence-electron chi connectivity index (χ1n) is 4.32. The quantitative estimate of drug-likeness (QED) is 0.736. The van der Waals surface area contributed by atoms with Gasteiger partial charge in [-0.2, -0.15) is 10.2 Å². The van der Waals surface area contributed by atoms with E-state index in [1.165, 1.54) is 11.0 Å². The standard InChI is InChI=1S/C10H8N4O/c1-14-7-12-10(13-14)15-9-5-3-2-4-8(9)6-11/h2-5,7H,1H3. The molecule has 15 heavy (non-hydrogen) atoms. The molecular formula is C10H8N4O. The molecule has 0 aliphatic carbocycles. The highest BCUT2D eigenvalue weighted by Gasteiger charge is 2.05. The third-order valence-electron chi connectivity index (χ3n) is 1.79. The summed E-state index contributed by atoms with van der Waals surface area (Å²) in [7, 11) is 1.75. The first kappa shape index (κ1) is 9.21. The van der Waals surface area contributed by atoms with E-state index in [-0.39, 0.29) is 6.01 Å². The monoisotopic (exact) mass is 200 g/mol. The van der Waals surface area contributed by atoms with Crippen LogP contribution < -0.4 is 4.74 Å². The Balaban J connectivity index is 2.28. The minimum Gasteiger partial charge on any atom is -0.422 e. The Labute approximate surface area is 86.6 Å². The zero-order valence-corrected chi connectivity index (χ0v) is 8.08. The Morgan fingerprint density at radius 3 is 2.87 bits per heavy atom. The van der Waals surface area contributed by atoms with Gasteiger partial charge in [0.2, 0.25) is 0 Å². The minimum atomic E-state index is 0.236. The van der Waals surface area contributed by atoms with E-state index < -0.39 is 0 Å². The highest BCUT2D eigenvalue weighted by atomic mass is 16.5. The van der Waals surface area contributed by atoms with Crippen molar-refractivity contribution < 1.29 is 4.74 Å². The summed E-state index contributed by atoms with van der Waals surface area (Å²) in [5.41, 5.74) is 0.463. The molecule has 1 heterocycles. The van der Waals surface area contributed by atoms with Gasteiger partial charge in [0.15, 0.2) is 0 Å². The molecule has 5 heteroatoms. The second kappa shape index (κ2) is 3.80. The van der Waals surface area contributed by atoms with Gasteiger partial charge in [-0.15, -0.1) is 5.10 Å². The van der Waals surface area contributed by atoms with Gasteiger partial charge in [0, 0.05) is 7.05 Å². The summed E-state index contributed by atoms with van der Waals surface area (Å²) < 4.78 is 6.89. The molecule has 0 radical (unpaired) electrons. The summed E-state index contributed by atoms with van der Waals surface area (Å²) in [6.07, 6.45) is 1.53. The van der Waals surface area contributed by atoms with Gasteiger partial charge in [0.05, 0.1) is 5.56 Å². The van der Waals surface area contributed by atoms with Crippen LogP contribution in [0.1, 0.15) is 5.56 Å². The number of ether oxygens (including phenoxy) is 1. The summed E-state index contributed by atoms with van der Waals surface area (Å²) in [4.78, 5) is 3.91. The van der Waals surface area contributed by atoms with Crippen LogP contribution in [-0.4, -0.2) is 14.8 Å². The molecule has 0 atom stereocenters. The molecule has 0 spiro atoms. The molecule has 2 aromatic rings. The van der Waals surface area contributed by atoms with Crippen LogP contribution in [-0.2, 0) is 7.05 Å². The molecule has 1 aromatic carbocycles. The first-order chi connectivity index (χ1) is 7.29. The van der Waals surface area contributed by atoms with Gasteiger partial charge >= 0.3 is 6.01 Å². The van der Waals surface area contributed by atoms with E-state index in [1.54, 1.807) is 31.3 Å². The Kier molecular flexibility index (Phi) is 2.33. The van der Waals surface area contributed by atoms with Crippen molar-refractivity contribution in [3.05, 3.63) is 36.2 Å². The van der Waals surface area contributed by atoms with Crippen LogP contribution in [0.4, 0.5) is 0 Å². The molecule has 0 saturated heterocycles. The minimum absolute atomic E-state index is 0.236. The van der Waals surface area contributed by atoms with E-state index in [0.717, 1.165) is 0 Å². The molecule has 5 nitrogen and oxygen atoms in total. The number of rotatable bonds is 2. The van der Waals surface area contributed by atoms with Crippen molar-refractivity contribution in [2.75, 3.05) is 0 Å². The maximum absolute atomic E-state index is 8.83. The van der Waals surface area contributed by atoms with Crippen molar-refractivity contribution in [3.8, 4) is 17.8 Å². The van der Waals surface area contributed by atoms with Gasteiger partial charge in [-0.3, -0.25) is 4.68 Å². The molecule has 0 saturated carbocycles. The van der Waals surface area contributed by atoms with Gasteiger partial charge in [0.25, 0.3) is 0 Å². The smallest absolute Gasteiger partial charge is 0.341 e. The number of hydrogen-bond acceptors (Lipinski definition) is 4. The normalized spacial score (nSPS) is 9.60. The van der Waals surface area contributed by atoms with Crippen molar-refractivity contribution in [2.24, 2.45) is 7.05 Å². The Bertz CT molecular complexity index is 512. The van der Waals surface area contributed by atoms with Gasteiger partial charge < -0.3 is 4.74 Å². The number of nitriles is 1. The molecular weight excluding hydrogens is 192 g/mol. The Hall–Kier alpha value is -2.35. The third-order valence-corrected chi connectivity index (χ3v) is 1.79. The lowest BCUT2D eigenvalue weighted by Gasteiger charge is -2.01. The topological polar surface area (TPSA) is 63.7 Å². The second-order valence-corrected chi connectivity index (χ2v) is 2.91. The fraction of sp³-hybridized carbons (Fsp3) is 0.100. The van der Waals surface area contributed by atoms with Gasteiger partial charge in [-0.05, 0) is 12.1 Å². The van der Waals surface area contributed by atoms with E-state index in [0.29, 0.717) is 11.3 Å². The first-order valence-corrected chi connectivity index (χ1v) is 4.32. The largest absolute Gasteiger partial charge is 0.422 e. The number of para-hydroxylation sites is 1. The number of benzene rings is 1. The predicted octanol–water partition coefficient (Wildman–Crippen LogP) is 1.48. The highest BCUT2D eigenvalue weighted by Crippen LogP contribution is 2.21.